The number of carbonyl (C=O) groups excluding carboxylic acids is 1. The zero-order valence-corrected chi connectivity index (χ0v) is 12.0. The highest BCUT2D eigenvalue weighted by Crippen LogP contribution is 2.25. The van der Waals surface area contributed by atoms with E-state index in [2.05, 4.69) is 30.2 Å². The molecule has 0 fully saturated rings. The van der Waals surface area contributed by atoms with E-state index in [4.69, 9.17) is 4.74 Å². The molecule has 2 rings (SSSR count). The maximum Gasteiger partial charge on any atom is 0.311 e. The molecule has 98 valence electrons. The van der Waals surface area contributed by atoms with Crippen LogP contribution in [0.4, 0.5) is 0 Å². The minimum Gasteiger partial charge on any atom is -0.466 e. The van der Waals surface area contributed by atoms with Crippen molar-refractivity contribution in [3.63, 3.8) is 0 Å². The van der Waals surface area contributed by atoms with Gasteiger partial charge in [0.05, 0.1) is 18.7 Å². The first-order valence-corrected chi connectivity index (χ1v) is 7.03. The number of fused-ring (bicyclic) bond motifs is 1. The molecule has 2 aromatic rings. The summed E-state index contributed by atoms with van der Waals surface area (Å²) in [6.45, 7) is 8.55. The number of aromatic nitrogens is 2. The summed E-state index contributed by atoms with van der Waals surface area (Å²) in [7, 11) is 0. The molecule has 4 nitrogen and oxygen atoms in total. The predicted octanol–water partition coefficient (Wildman–Crippen LogP) is 2.93. The lowest BCUT2D eigenvalue weighted by atomic mass is 10.1. The quantitative estimate of drug-likeness (QED) is 0.799. The number of rotatable bonds is 4. The average Bonchev–Trinajstić information content (AvgIpc) is 2.81. The van der Waals surface area contributed by atoms with Gasteiger partial charge in [-0.25, -0.2) is 4.98 Å². The molecule has 0 aromatic carbocycles. The van der Waals surface area contributed by atoms with Gasteiger partial charge in [0.15, 0.2) is 4.96 Å². The van der Waals surface area contributed by atoms with Crippen LogP contribution < -0.4 is 0 Å². The second-order valence-corrected chi connectivity index (χ2v) is 5.40. The van der Waals surface area contributed by atoms with E-state index < -0.39 is 0 Å². The molecule has 0 radical (unpaired) electrons. The van der Waals surface area contributed by atoms with E-state index in [0.717, 1.165) is 22.0 Å². The van der Waals surface area contributed by atoms with Crippen LogP contribution in [-0.2, 0) is 16.0 Å². The molecule has 0 bridgehead atoms. The van der Waals surface area contributed by atoms with Gasteiger partial charge in [0, 0.05) is 16.8 Å². The average molecular weight is 266 g/mol. The predicted molar refractivity (Wildman–Crippen MR) is 72.2 cm³/mol. The van der Waals surface area contributed by atoms with Gasteiger partial charge in [-0.1, -0.05) is 13.8 Å². The molecule has 2 aromatic heterocycles. The minimum absolute atomic E-state index is 0.184. The van der Waals surface area contributed by atoms with Crippen LogP contribution in [0.1, 0.15) is 43.8 Å². The first kappa shape index (κ1) is 13.1. The molecule has 0 atom stereocenters. The highest BCUT2D eigenvalue weighted by atomic mass is 32.1. The van der Waals surface area contributed by atoms with Crippen molar-refractivity contribution in [1.29, 1.82) is 0 Å². The number of carbonyl (C=O) groups is 1. The number of imidazole rings is 1. The zero-order chi connectivity index (χ0) is 13.3. The molecule has 0 saturated carbocycles. The Morgan fingerprint density at radius 3 is 2.89 bits per heavy atom. The minimum atomic E-state index is -0.184. The Labute approximate surface area is 111 Å². The summed E-state index contributed by atoms with van der Waals surface area (Å²) >= 11 is 1.57. The monoisotopic (exact) mass is 266 g/mol. The molecule has 18 heavy (non-hydrogen) atoms. The lowest BCUT2D eigenvalue weighted by Crippen LogP contribution is -2.09. The van der Waals surface area contributed by atoms with Gasteiger partial charge in [-0.3, -0.25) is 9.20 Å². The fourth-order valence-electron chi connectivity index (χ4n) is 2.11. The van der Waals surface area contributed by atoms with Crippen molar-refractivity contribution < 1.29 is 9.53 Å². The molecule has 0 aliphatic heterocycles. The van der Waals surface area contributed by atoms with Crippen LogP contribution in [0.2, 0.25) is 0 Å². The molecule has 5 heteroatoms. The fraction of sp³-hybridized carbons (Fsp3) is 0.538. The molecular weight excluding hydrogens is 248 g/mol. The second-order valence-electron chi connectivity index (χ2n) is 4.56. The number of aryl methyl sites for hydroxylation is 1. The van der Waals surface area contributed by atoms with E-state index in [1.54, 1.807) is 11.3 Å². The summed E-state index contributed by atoms with van der Waals surface area (Å²) < 4.78 is 7.06. The standard InChI is InChI=1S/C13H18N2O2S/c1-5-17-11(16)6-10-7-18-13-14-12(8(2)3)9(4)15(10)13/h7-8H,5-6H2,1-4H3. The summed E-state index contributed by atoms with van der Waals surface area (Å²) in [6.07, 6.45) is 0.308. The summed E-state index contributed by atoms with van der Waals surface area (Å²) in [5, 5.41) is 1.98. The van der Waals surface area contributed by atoms with Crippen molar-refractivity contribution in [2.75, 3.05) is 6.61 Å². The Hall–Kier alpha value is -1.36. The molecule has 0 N–H and O–H groups in total. The van der Waals surface area contributed by atoms with Crippen molar-refractivity contribution in [2.45, 2.75) is 40.0 Å². The Bertz CT molecular complexity index is 569. The van der Waals surface area contributed by atoms with E-state index in [9.17, 15) is 4.79 Å². The van der Waals surface area contributed by atoms with Gasteiger partial charge in [0.25, 0.3) is 0 Å². The van der Waals surface area contributed by atoms with Crippen LogP contribution in [0, 0.1) is 6.92 Å². The molecular formula is C13H18N2O2S. The first-order valence-electron chi connectivity index (χ1n) is 6.15. The summed E-state index contributed by atoms with van der Waals surface area (Å²) in [4.78, 5) is 17.1. The van der Waals surface area contributed by atoms with Crippen LogP contribution in [0.3, 0.4) is 0 Å². The lowest BCUT2D eigenvalue weighted by molar-refractivity contribution is -0.142. The third-order valence-corrected chi connectivity index (χ3v) is 3.75. The molecule has 2 heterocycles. The molecule has 0 saturated heterocycles. The van der Waals surface area contributed by atoms with Crippen LogP contribution >= 0.6 is 11.3 Å². The Balaban J connectivity index is 2.37. The van der Waals surface area contributed by atoms with E-state index in [-0.39, 0.29) is 5.97 Å². The van der Waals surface area contributed by atoms with E-state index in [0.29, 0.717) is 18.9 Å². The third-order valence-electron chi connectivity index (χ3n) is 2.88. The Morgan fingerprint density at radius 1 is 1.56 bits per heavy atom. The van der Waals surface area contributed by atoms with Crippen molar-refractivity contribution in [3.05, 3.63) is 22.5 Å². The van der Waals surface area contributed by atoms with Gasteiger partial charge < -0.3 is 4.74 Å². The largest absolute Gasteiger partial charge is 0.466 e. The number of nitrogens with zero attached hydrogens (tertiary/aromatic N) is 2. The first-order chi connectivity index (χ1) is 8.54. The maximum absolute atomic E-state index is 11.6. The van der Waals surface area contributed by atoms with Crippen LogP contribution in [0.15, 0.2) is 5.38 Å². The van der Waals surface area contributed by atoms with Crippen molar-refractivity contribution >= 4 is 22.3 Å². The van der Waals surface area contributed by atoms with E-state index in [1.165, 1.54) is 0 Å². The molecule has 0 amide bonds. The number of hydrogen-bond donors (Lipinski definition) is 0. The topological polar surface area (TPSA) is 43.6 Å². The highest BCUT2D eigenvalue weighted by molar-refractivity contribution is 7.15. The van der Waals surface area contributed by atoms with Crippen LogP contribution in [-0.4, -0.2) is 22.0 Å². The second kappa shape index (κ2) is 5.10. The van der Waals surface area contributed by atoms with Gasteiger partial charge in [-0.15, -0.1) is 11.3 Å². The summed E-state index contributed by atoms with van der Waals surface area (Å²) in [6, 6.07) is 0. The van der Waals surface area contributed by atoms with Crippen LogP contribution in [0.5, 0.6) is 0 Å². The van der Waals surface area contributed by atoms with Gasteiger partial charge in [-0.2, -0.15) is 0 Å². The maximum atomic E-state index is 11.6. The van der Waals surface area contributed by atoms with Gasteiger partial charge in [0.2, 0.25) is 0 Å². The number of ether oxygens (including phenoxy) is 1. The summed E-state index contributed by atoms with van der Waals surface area (Å²) in [5.41, 5.74) is 3.19. The number of thiazole rings is 1. The van der Waals surface area contributed by atoms with E-state index in [1.807, 2.05) is 12.3 Å². The van der Waals surface area contributed by atoms with Gasteiger partial charge >= 0.3 is 5.97 Å². The Morgan fingerprint density at radius 2 is 2.28 bits per heavy atom. The zero-order valence-electron chi connectivity index (χ0n) is 11.2. The molecule has 0 spiro atoms. The Kier molecular flexibility index (Phi) is 3.71. The normalized spacial score (nSPS) is 11.4. The molecule has 0 aliphatic carbocycles. The van der Waals surface area contributed by atoms with Crippen molar-refractivity contribution in [1.82, 2.24) is 9.38 Å². The number of hydrogen-bond acceptors (Lipinski definition) is 4. The smallest absolute Gasteiger partial charge is 0.311 e. The van der Waals surface area contributed by atoms with Crippen LogP contribution in [0.25, 0.3) is 4.96 Å². The van der Waals surface area contributed by atoms with Crippen molar-refractivity contribution in [2.24, 2.45) is 0 Å². The molecule has 0 aliphatic rings. The third kappa shape index (κ3) is 2.27. The number of esters is 1. The highest BCUT2D eigenvalue weighted by Gasteiger charge is 2.17. The SMILES string of the molecule is CCOC(=O)Cc1csc2nc(C(C)C)c(C)n12. The van der Waals surface area contributed by atoms with Crippen molar-refractivity contribution in [3.8, 4) is 0 Å². The van der Waals surface area contributed by atoms with E-state index >= 15 is 0 Å². The fourth-order valence-corrected chi connectivity index (χ4v) is 3.05. The van der Waals surface area contributed by atoms with Gasteiger partial charge in [-0.05, 0) is 19.8 Å². The lowest BCUT2D eigenvalue weighted by Gasteiger charge is -2.04. The van der Waals surface area contributed by atoms with Gasteiger partial charge in [0.1, 0.15) is 0 Å². The summed E-state index contributed by atoms with van der Waals surface area (Å²) in [5.74, 6) is 0.212. The molecule has 0 unspecified atom stereocenters.